The largest absolute Gasteiger partial charge is 0.444 e. The molecule has 2 saturated heterocycles. The summed E-state index contributed by atoms with van der Waals surface area (Å²) in [5.74, 6) is 1.27. The maximum atomic E-state index is 13.2. The Labute approximate surface area is 162 Å². The molecule has 1 aliphatic carbocycles. The molecule has 1 N–H and O–H groups in total. The number of hydrogen-bond donors (Lipinski definition) is 1. The molecule has 3 aliphatic rings. The fourth-order valence-electron chi connectivity index (χ4n) is 4.65. The van der Waals surface area contributed by atoms with Gasteiger partial charge in [0, 0.05) is 25.7 Å². The normalized spacial score (nSPS) is 25.4. The van der Waals surface area contributed by atoms with Crippen molar-refractivity contribution < 1.29 is 13.9 Å². The quantitative estimate of drug-likeness (QED) is 0.749. The highest BCUT2D eigenvalue weighted by Crippen LogP contribution is 2.40. The number of fused-ring (bicyclic) bond motifs is 3. The van der Waals surface area contributed by atoms with Crippen molar-refractivity contribution in [3.8, 4) is 0 Å². The summed E-state index contributed by atoms with van der Waals surface area (Å²) >= 11 is 0. The highest BCUT2D eigenvalue weighted by atomic mass is 19.1. The molecule has 3 atom stereocenters. The van der Waals surface area contributed by atoms with E-state index >= 15 is 0 Å². The van der Waals surface area contributed by atoms with Crippen molar-refractivity contribution in [1.29, 1.82) is 0 Å². The van der Waals surface area contributed by atoms with E-state index in [0.717, 1.165) is 25.3 Å². The van der Waals surface area contributed by atoms with E-state index < -0.39 is 5.60 Å². The SMILES string of the molecule is CC(C)(C)OC(=O)NCCCN1C[C@@H]2CC[C@H]1[C@H](Cc1ccc(F)cc1)C2. The smallest absolute Gasteiger partial charge is 0.407 e. The van der Waals surface area contributed by atoms with E-state index in [2.05, 4.69) is 10.2 Å². The summed E-state index contributed by atoms with van der Waals surface area (Å²) in [6.07, 6.45) is 5.51. The number of benzene rings is 1. The molecular formula is C22H33FN2O2. The van der Waals surface area contributed by atoms with Gasteiger partial charge in [0.05, 0.1) is 0 Å². The summed E-state index contributed by atoms with van der Waals surface area (Å²) in [5.41, 5.74) is 0.782. The molecule has 0 aromatic heterocycles. The first-order valence-corrected chi connectivity index (χ1v) is 10.3. The molecule has 4 nitrogen and oxygen atoms in total. The van der Waals surface area contributed by atoms with Crippen molar-refractivity contribution in [2.75, 3.05) is 19.6 Å². The second-order valence-electron chi connectivity index (χ2n) is 9.11. The minimum absolute atomic E-state index is 0.164. The minimum Gasteiger partial charge on any atom is -0.444 e. The number of rotatable bonds is 6. The van der Waals surface area contributed by atoms with Crippen molar-refractivity contribution in [2.45, 2.75) is 64.5 Å². The average Bonchev–Trinajstić information content (AvgIpc) is 2.60. The fourth-order valence-corrected chi connectivity index (χ4v) is 4.65. The molecule has 0 radical (unpaired) electrons. The minimum atomic E-state index is -0.455. The van der Waals surface area contributed by atoms with E-state index in [1.807, 2.05) is 32.9 Å². The molecule has 2 aliphatic heterocycles. The predicted molar refractivity (Wildman–Crippen MR) is 105 cm³/mol. The van der Waals surface area contributed by atoms with E-state index in [0.29, 0.717) is 18.5 Å². The third-order valence-corrected chi connectivity index (χ3v) is 5.71. The molecule has 27 heavy (non-hydrogen) atoms. The number of carbonyl (C=O) groups is 1. The molecule has 150 valence electrons. The lowest BCUT2D eigenvalue weighted by Crippen LogP contribution is -2.54. The van der Waals surface area contributed by atoms with Crippen LogP contribution in [0.1, 0.15) is 52.0 Å². The van der Waals surface area contributed by atoms with Crippen LogP contribution in [0.4, 0.5) is 9.18 Å². The lowest BCUT2D eigenvalue weighted by Gasteiger charge is -2.50. The summed E-state index contributed by atoms with van der Waals surface area (Å²) < 4.78 is 18.4. The van der Waals surface area contributed by atoms with Gasteiger partial charge in [-0.3, -0.25) is 4.90 Å². The van der Waals surface area contributed by atoms with Crippen LogP contribution in [0.5, 0.6) is 0 Å². The van der Waals surface area contributed by atoms with Gasteiger partial charge in [-0.25, -0.2) is 9.18 Å². The van der Waals surface area contributed by atoms with Gasteiger partial charge in [-0.15, -0.1) is 0 Å². The summed E-state index contributed by atoms with van der Waals surface area (Å²) in [5, 5.41) is 2.86. The zero-order chi connectivity index (χ0) is 19.4. The van der Waals surface area contributed by atoms with E-state index in [1.54, 1.807) is 12.1 Å². The number of carbonyl (C=O) groups excluding carboxylic acids is 1. The van der Waals surface area contributed by atoms with Crippen molar-refractivity contribution in [3.63, 3.8) is 0 Å². The lowest BCUT2D eigenvalue weighted by atomic mass is 9.70. The number of amides is 1. The Balaban J connectivity index is 1.45. The van der Waals surface area contributed by atoms with Crippen LogP contribution in [0.25, 0.3) is 0 Å². The number of piperidine rings is 2. The highest BCUT2D eigenvalue weighted by molar-refractivity contribution is 5.67. The maximum absolute atomic E-state index is 13.2. The Morgan fingerprint density at radius 1 is 1.26 bits per heavy atom. The maximum Gasteiger partial charge on any atom is 0.407 e. The molecule has 0 unspecified atom stereocenters. The van der Waals surface area contributed by atoms with Gasteiger partial charge >= 0.3 is 6.09 Å². The third-order valence-electron chi connectivity index (χ3n) is 5.71. The molecule has 2 bridgehead atoms. The molecule has 1 aromatic carbocycles. The van der Waals surface area contributed by atoms with Crippen LogP contribution in [0.3, 0.4) is 0 Å². The van der Waals surface area contributed by atoms with Crippen LogP contribution in [0, 0.1) is 17.7 Å². The summed E-state index contributed by atoms with van der Waals surface area (Å²) in [4.78, 5) is 14.4. The van der Waals surface area contributed by atoms with Gasteiger partial charge in [-0.05, 0) is 82.4 Å². The van der Waals surface area contributed by atoms with Crippen LogP contribution < -0.4 is 5.32 Å². The first-order chi connectivity index (χ1) is 12.8. The van der Waals surface area contributed by atoms with E-state index in [-0.39, 0.29) is 11.9 Å². The zero-order valence-corrected chi connectivity index (χ0v) is 16.8. The highest BCUT2D eigenvalue weighted by Gasteiger charge is 2.40. The molecule has 1 amide bonds. The Hall–Kier alpha value is -1.62. The van der Waals surface area contributed by atoms with Gasteiger partial charge in [0.2, 0.25) is 0 Å². The van der Waals surface area contributed by atoms with Gasteiger partial charge in [0.1, 0.15) is 11.4 Å². The van der Waals surface area contributed by atoms with E-state index in [4.69, 9.17) is 4.74 Å². The molecule has 5 heteroatoms. The first kappa shape index (κ1) is 20.1. The summed E-state index contributed by atoms with van der Waals surface area (Å²) in [7, 11) is 0. The van der Waals surface area contributed by atoms with E-state index in [1.165, 1.54) is 31.4 Å². The van der Waals surface area contributed by atoms with Crippen molar-refractivity contribution in [1.82, 2.24) is 10.2 Å². The summed E-state index contributed by atoms with van der Waals surface area (Å²) in [6.45, 7) is 8.45. The van der Waals surface area contributed by atoms with Crippen LogP contribution in [-0.2, 0) is 11.2 Å². The average molecular weight is 377 g/mol. The number of halogens is 1. The van der Waals surface area contributed by atoms with Gasteiger partial charge in [-0.2, -0.15) is 0 Å². The van der Waals surface area contributed by atoms with Crippen LogP contribution in [-0.4, -0.2) is 42.3 Å². The predicted octanol–water partition coefficient (Wildman–Crippen LogP) is 4.38. The number of hydrogen-bond acceptors (Lipinski definition) is 3. The standard InChI is InChI=1S/C22H33FN2O2/c1-22(2,3)27-21(26)24-11-4-12-25-15-17-7-10-20(25)18(14-17)13-16-5-8-19(23)9-6-16/h5-6,8-9,17-18,20H,4,7,10-15H2,1-3H3,(H,24,26)/t17-,18-,20+/m1/s1. The van der Waals surface area contributed by atoms with Crippen LogP contribution in [0.15, 0.2) is 24.3 Å². The number of ether oxygens (including phenoxy) is 1. The van der Waals surface area contributed by atoms with Gasteiger partial charge in [0.25, 0.3) is 0 Å². The Morgan fingerprint density at radius 3 is 2.67 bits per heavy atom. The Morgan fingerprint density at radius 2 is 2.00 bits per heavy atom. The third kappa shape index (κ3) is 5.93. The molecule has 0 spiro atoms. The second kappa shape index (κ2) is 8.59. The van der Waals surface area contributed by atoms with Crippen molar-refractivity contribution in [2.24, 2.45) is 11.8 Å². The number of nitrogens with one attached hydrogen (secondary N) is 1. The monoisotopic (exact) mass is 376 g/mol. The fraction of sp³-hybridized carbons (Fsp3) is 0.682. The van der Waals surface area contributed by atoms with Crippen molar-refractivity contribution in [3.05, 3.63) is 35.6 Å². The van der Waals surface area contributed by atoms with Crippen LogP contribution >= 0.6 is 0 Å². The molecule has 1 aromatic rings. The molecule has 4 rings (SSSR count). The summed E-state index contributed by atoms with van der Waals surface area (Å²) in [6, 6.07) is 7.59. The van der Waals surface area contributed by atoms with Crippen LogP contribution in [0.2, 0.25) is 0 Å². The first-order valence-electron chi connectivity index (χ1n) is 10.3. The molecule has 2 heterocycles. The molecule has 3 fully saturated rings. The van der Waals surface area contributed by atoms with Crippen molar-refractivity contribution >= 4 is 6.09 Å². The van der Waals surface area contributed by atoms with Gasteiger partial charge in [0.15, 0.2) is 0 Å². The molecular weight excluding hydrogens is 343 g/mol. The zero-order valence-electron chi connectivity index (χ0n) is 16.8. The molecule has 1 saturated carbocycles. The topological polar surface area (TPSA) is 41.6 Å². The number of nitrogens with zero attached hydrogens (tertiary/aromatic N) is 1. The van der Waals surface area contributed by atoms with E-state index in [9.17, 15) is 9.18 Å². The Kier molecular flexibility index (Phi) is 6.40. The van der Waals surface area contributed by atoms with Gasteiger partial charge < -0.3 is 10.1 Å². The number of alkyl carbamates (subject to hydrolysis) is 1. The second-order valence-corrected chi connectivity index (χ2v) is 9.11. The lowest BCUT2D eigenvalue weighted by molar-refractivity contribution is 0.000595. The van der Waals surface area contributed by atoms with Gasteiger partial charge in [-0.1, -0.05) is 12.1 Å². The Bertz CT molecular complexity index is 626.